The Bertz CT molecular complexity index is 567. The standard InChI is InChI=1S/C17H26BrN5O.HI/c1-3-19-16(24)11-21-17(20-4-2)22-14-9-10-23(12-14)15-7-5-13(18)6-8-15;/h5-8,14H,3-4,9-12H2,1-2H3,(H,19,24)(H2,20,21,22);1H. The van der Waals surface area contributed by atoms with Crippen molar-refractivity contribution < 1.29 is 4.79 Å². The number of hydrogen-bond donors (Lipinski definition) is 3. The van der Waals surface area contributed by atoms with Gasteiger partial charge >= 0.3 is 0 Å². The van der Waals surface area contributed by atoms with Gasteiger partial charge in [-0.05, 0) is 44.5 Å². The van der Waals surface area contributed by atoms with Crippen LogP contribution < -0.4 is 20.9 Å². The third-order valence-electron chi connectivity index (χ3n) is 3.82. The molecule has 8 heteroatoms. The van der Waals surface area contributed by atoms with Gasteiger partial charge in [0.2, 0.25) is 5.91 Å². The summed E-state index contributed by atoms with van der Waals surface area (Å²) in [5.74, 6) is 0.643. The van der Waals surface area contributed by atoms with E-state index in [2.05, 4.69) is 66.0 Å². The van der Waals surface area contributed by atoms with E-state index in [1.54, 1.807) is 0 Å². The van der Waals surface area contributed by atoms with Crippen LogP contribution in [-0.2, 0) is 4.79 Å². The van der Waals surface area contributed by atoms with Gasteiger partial charge in [0.25, 0.3) is 0 Å². The van der Waals surface area contributed by atoms with E-state index in [0.29, 0.717) is 18.5 Å². The van der Waals surface area contributed by atoms with E-state index in [1.165, 1.54) is 5.69 Å². The lowest BCUT2D eigenvalue weighted by atomic mass is 10.3. The summed E-state index contributed by atoms with van der Waals surface area (Å²) in [6.07, 6.45) is 1.04. The molecule has 1 saturated heterocycles. The lowest BCUT2D eigenvalue weighted by Crippen LogP contribution is -2.45. The third kappa shape index (κ3) is 7.39. The Labute approximate surface area is 175 Å². The molecule has 1 fully saturated rings. The van der Waals surface area contributed by atoms with Crippen LogP contribution in [-0.4, -0.2) is 50.6 Å². The van der Waals surface area contributed by atoms with Crippen LogP contribution in [0.4, 0.5) is 5.69 Å². The van der Waals surface area contributed by atoms with E-state index in [-0.39, 0.29) is 36.4 Å². The average molecular weight is 524 g/mol. The van der Waals surface area contributed by atoms with Crippen molar-refractivity contribution in [3.8, 4) is 0 Å². The van der Waals surface area contributed by atoms with Crippen molar-refractivity contribution in [1.82, 2.24) is 16.0 Å². The van der Waals surface area contributed by atoms with Crippen LogP contribution in [0.25, 0.3) is 0 Å². The Morgan fingerprint density at radius 2 is 1.92 bits per heavy atom. The first-order chi connectivity index (χ1) is 11.6. The van der Waals surface area contributed by atoms with Crippen LogP contribution in [0.2, 0.25) is 0 Å². The number of likely N-dealkylation sites (N-methyl/N-ethyl adjacent to an activating group) is 1. The van der Waals surface area contributed by atoms with Crippen LogP contribution in [0.15, 0.2) is 33.7 Å². The van der Waals surface area contributed by atoms with Gasteiger partial charge in [-0.2, -0.15) is 0 Å². The molecule has 1 aromatic rings. The van der Waals surface area contributed by atoms with Crippen molar-refractivity contribution in [2.24, 2.45) is 4.99 Å². The minimum Gasteiger partial charge on any atom is -0.369 e. The van der Waals surface area contributed by atoms with Gasteiger partial charge in [-0.3, -0.25) is 4.79 Å². The first-order valence-corrected chi connectivity index (χ1v) is 9.23. The number of carbonyl (C=O) groups excluding carboxylic acids is 1. The van der Waals surface area contributed by atoms with E-state index in [9.17, 15) is 4.79 Å². The zero-order valence-electron chi connectivity index (χ0n) is 14.7. The number of aliphatic imine (C=N–C) groups is 1. The first-order valence-electron chi connectivity index (χ1n) is 8.44. The van der Waals surface area contributed by atoms with Crippen molar-refractivity contribution in [3.05, 3.63) is 28.7 Å². The molecule has 25 heavy (non-hydrogen) atoms. The zero-order chi connectivity index (χ0) is 17.4. The summed E-state index contributed by atoms with van der Waals surface area (Å²) >= 11 is 3.47. The predicted octanol–water partition coefficient (Wildman–Crippen LogP) is 2.34. The molecule has 1 aliphatic rings. The monoisotopic (exact) mass is 523 g/mol. The molecular weight excluding hydrogens is 497 g/mol. The number of carbonyl (C=O) groups is 1. The van der Waals surface area contributed by atoms with Crippen LogP contribution in [0.3, 0.4) is 0 Å². The summed E-state index contributed by atoms with van der Waals surface area (Å²) in [6.45, 7) is 7.40. The second kappa shape index (κ2) is 11.6. The topological polar surface area (TPSA) is 68.8 Å². The van der Waals surface area contributed by atoms with Crippen molar-refractivity contribution in [1.29, 1.82) is 0 Å². The van der Waals surface area contributed by atoms with E-state index >= 15 is 0 Å². The van der Waals surface area contributed by atoms with Crippen LogP contribution in [0.5, 0.6) is 0 Å². The molecule has 1 aliphatic heterocycles. The molecule has 0 saturated carbocycles. The fourth-order valence-corrected chi connectivity index (χ4v) is 2.95. The molecule has 1 amide bonds. The number of amides is 1. The minimum absolute atomic E-state index is 0. The molecule has 1 aromatic carbocycles. The van der Waals surface area contributed by atoms with Gasteiger partial charge in [0, 0.05) is 42.4 Å². The van der Waals surface area contributed by atoms with Gasteiger partial charge in [-0.1, -0.05) is 15.9 Å². The second-order valence-corrected chi connectivity index (χ2v) is 6.62. The van der Waals surface area contributed by atoms with Crippen molar-refractivity contribution >= 4 is 57.5 Å². The summed E-state index contributed by atoms with van der Waals surface area (Å²) < 4.78 is 1.09. The number of nitrogens with one attached hydrogen (secondary N) is 3. The number of nitrogens with zero attached hydrogens (tertiary/aromatic N) is 2. The molecule has 0 radical (unpaired) electrons. The van der Waals surface area contributed by atoms with Crippen molar-refractivity contribution in [3.63, 3.8) is 0 Å². The molecule has 0 spiro atoms. The Balaban J connectivity index is 0.00000312. The van der Waals surface area contributed by atoms with E-state index < -0.39 is 0 Å². The summed E-state index contributed by atoms with van der Waals surface area (Å²) in [5.41, 5.74) is 1.23. The maximum absolute atomic E-state index is 11.6. The maximum Gasteiger partial charge on any atom is 0.241 e. The third-order valence-corrected chi connectivity index (χ3v) is 4.35. The number of guanidine groups is 1. The lowest BCUT2D eigenvalue weighted by Gasteiger charge is -2.20. The zero-order valence-corrected chi connectivity index (χ0v) is 18.6. The highest BCUT2D eigenvalue weighted by atomic mass is 127. The maximum atomic E-state index is 11.6. The van der Waals surface area contributed by atoms with Crippen LogP contribution in [0.1, 0.15) is 20.3 Å². The fourth-order valence-electron chi connectivity index (χ4n) is 2.68. The molecule has 3 N–H and O–H groups in total. The smallest absolute Gasteiger partial charge is 0.241 e. The van der Waals surface area contributed by atoms with Crippen LogP contribution in [0, 0.1) is 0 Å². The predicted molar refractivity (Wildman–Crippen MR) is 118 cm³/mol. The largest absolute Gasteiger partial charge is 0.369 e. The highest BCUT2D eigenvalue weighted by Gasteiger charge is 2.23. The number of halogens is 2. The molecule has 1 atom stereocenters. The summed E-state index contributed by atoms with van der Waals surface area (Å²) in [6, 6.07) is 8.70. The second-order valence-electron chi connectivity index (χ2n) is 5.70. The number of anilines is 1. The molecule has 0 aliphatic carbocycles. The van der Waals surface area contributed by atoms with E-state index in [4.69, 9.17) is 0 Å². The van der Waals surface area contributed by atoms with Gasteiger partial charge in [0.15, 0.2) is 5.96 Å². The van der Waals surface area contributed by atoms with Gasteiger partial charge in [-0.25, -0.2) is 4.99 Å². The SMILES string of the molecule is CCNC(=O)CN=C(NCC)NC1CCN(c2ccc(Br)cc2)C1.I. The number of hydrogen-bond acceptors (Lipinski definition) is 3. The Morgan fingerprint density at radius 3 is 2.56 bits per heavy atom. The minimum atomic E-state index is -0.0578. The Hall–Kier alpha value is -1.03. The van der Waals surface area contributed by atoms with Gasteiger partial charge < -0.3 is 20.9 Å². The molecule has 2 rings (SSSR count). The molecule has 0 aromatic heterocycles. The summed E-state index contributed by atoms with van der Waals surface area (Å²) in [4.78, 5) is 18.3. The van der Waals surface area contributed by atoms with Crippen molar-refractivity contribution in [2.45, 2.75) is 26.3 Å². The lowest BCUT2D eigenvalue weighted by molar-refractivity contribution is -0.119. The molecule has 140 valence electrons. The molecule has 1 unspecified atom stereocenters. The van der Waals surface area contributed by atoms with E-state index in [0.717, 1.165) is 30.5 Å². The molecule has 1 heterocycles. The number of rotatable bonds is 6. The van der Waals surface area contributed by atoms with Crippen molar-refractivity contribution in [2.75, 3.05) is 37.6 Å². The van der Waals surface area contributed by atoms with E-state index in [1.807, 2.05) is 13.8 Å². The first kappa shape index (κ1) is 22.0. The average Bonchev–Trinajstić information content (AvgIpc) is 3.02. The van der Waals surface area contributed by atoms with Crippen LogP contribution >= 0.6 is 39.9 Å². The Morgan fingerprint density at radius 1 is 1.24 bits per heavy atom. The molecule has 0 bridgehead atoms. The van der Waals surface area contributed by atoms with Gasteiger partial charge in [-0.15, -0.1) is 24.0 Å². The highest BCUT2D eigenvalue weighted by Crippen LogP contribution is 2.22. The highest BCUT2D eigenvalue weighted by molar-refractivity contribution is 14.0. The fraction of sp³-hybridized carbons (Fsp3) is 0.529. The quantitative estimate of drug-likeness (QED) is 0.304. The summed E-state index contributed by atoms with van der Waals surface area (Å²) in [5, 5.41) is 9.39. The van der Waals surface area contributed by atoms with Gasteiger partial charge in [0.1, 0.15) is 6.54 Å². The number of benzene rings is 1. The summed E-state index contributed by atoms with van der Waals surface area (Å²) in [7, 11) is 0. The molecular formula is C17H27BrIN5O. The normalized spacial score (nSPS) is 17.0. The Kier molecular flexibility index (Phi) is 10.2. The molecule has 6 nitrogen and oxygen atoms in total. The van der Waals surface area contributed by atoms with Gasteiger partial charge in [0.05, 0.1) is 0 Å².